The normalized spacial score (nSPS) is 18.4. The maximum atomic E-state index is 14.1. The Morgan fingerprint density at radius 3 is 2.45 bits per heavy atom. The SMILES string of the molecule is CC1CCC(c2ccc(OCc3ccccc3)cc2)=C(F)C1. The maximum absolute atomic E-state index is 14.1. The van der Waals surface area contributed by atoms with Gasteiger partial charge in [0.05, 0.1) is 0 Å². The second-order valence-corrected chi connectivity index (χ2v) is 6.03. The van der Waals surface area contributed by atoms with E-state index in [0.717, 1.165) is 35.3 Å². The Balaban J connectivity index is 1.67. The van der Waals surface area contributed by atoms with Gasteiger partial charge in [-0.1, -0.05) is 49.4 Å². The predicted octanol–water partition coefficient (Wildman–Crippen LogP) is 5.77. The van der Waals surface area contributed by atoms with Crippen LogP contribution < -0.4 is 4.74 Å². The van der Waals surface area contributed by atoms with Crippen LogP contribution in [0.15, 0.2) is 60.4 Å². The van der Waals surface area contributed by atoms with E-state index < -0.39 is 0 Å². The fraction of sp³-hybridized carbons (Fsp3) is 0.300. The van der Waals surface area contributed by atoms with Gasteiger partial charge in [-0.15, -0.1) is 0 Å². The molecule has 1 unspecified atom stereocenters. The third-order valence-corrected chi connectivity index (χ3v) is 4.19. The highest BCUT2D eigenvalue weighted by Gasteiger charge is 2.19. The fourth-order valence-electron chi connectivity index (χ4n) is 2.85. The third-order valence-electron chi connectivity index (χ3n) is 4.19. The van der Waals surface area contributed by atoms with Crippen LogP contribution in [0.3, 0.4) is 0 Å². The van der Waals surface area contributed by atoms with Crippen molar-refractivity contribution in [2.45, 2.75) is 32.8 Å². The quantitative estimate of drug-likeness (QED) is 0.696. The van der Waals surface area contributed by atoms with Crippen LogP contribution in [0.1, 0.15) is 37.3 Å². The minimum absolute atomic E-state index is 0.0525. The Morgan fingerprint density at radius 2 is 1.77 bits per heavy atom. The molecule has 0 bridgehead atoms. The number of allylic oxidation sites excluding steroid dienone is 2. The van der Waals surface area contributed by atoms with Crippen molar-refractivity contribution in [3.05, 3.63) is 71.6 Å². The molecule has 1 nitrogen and oxygen atoms in total. The highest BCUT2D eigenvalue weighted by atomic mass is 19.1. The zero-order valence-electron chi connectivity index (χ0n) is 12.9. The van der Waals surface area contributed by atoms with Crippen LogP contribution in [0, 0.1) is 5.92 Å². The molecule has 0 aromatic heterocycles. The Kier molecular flexibility index (Phi) is 4.57. The van der Waals surface area contributed by atoms with Crippen molar-refractivity contribution in [1.29, 1.82) is 0 Å². The average Bonchev–Trinajstić information content (AvgIpc) is 2.55. The molecule has 0 N–H and O–H groups in total. The Bertz CT molecular complexity index is 643. The lowest BCUT2D eigenvalue weighted by Crippen LogP contribution is -2.04. The first-order valence-electron chi connectivity index (χ1n) is 7.87. The van der Waals surface area contributed by atoms with E-state index in [9.17, 15) is 4.39 Å². The van der Waals surface area contributed by atoms with Crippen LogP contribution >= 0.6 is 0 Å². The second-order valence-electron chi connectivity index (χ2n) is 6.03. The van der Waals surface area contributed by atoms with Gasteiger partial charge < -0.3 is 4.74 Å². The molecule has 1 atom stereocenters. The molecular formula is C20H21FO. The Morgan fingerprint density at radius 1 is 1.05 bits per heavy atom. The smallest absolute Gasteiger partial charge is 0.119 e. The van der Waals surface area contributed by atoms with E-state index in [1.165, 1.54) is 0 Å². The van der Waals surface area contributed by atoms with Gasteiger partial charge in [-0.2, -0.15) is 0 Å². The highest BCUT2D eigenvalue weighted by Crippen LogP contribution is 2.36. The molecule has 2 aromatic carbocycles. The molecule has 114 valence electrons. The van der Waals surface area contributed by atoms with E-state index in [2.05, 4.69) is 6.92 Å². The topological polar surface area (TPSA) is 9.23 Å². The number of hydrogen-bond acceptors (Lipinski definition) is 1. The first-order valence-corrected chi connectivity index (χ1v) is 7.87. The molecule has 0 aliphatic heterocycles. The molecule has 3 rings (SSSR count). The molecule has 2 aromatic rings. The number of hydrogen-bond donors (Lipinski definition) is 0. The summed E-state index contributed by atoms with van der Waals surface area (Å²) in [6.45, 7) is 2.66. The average molecular weight is 296 g/mol. The van der Waals surface area contributed by atoms with Crippen molar-refractivity contribution >= 4 is 5.57 Å². The van der Waals surface area contributed by atoms with Gasteiger partial charge in [-0.25, -0.2) is 4.39 Å². The van der Waals surface area contributed by atoms with E-state index >= 15 is 0 Å². The van der Waals surface area contributed by atoms with Gasteiger partial charge in [-0.05, 0) is 47.6 Å². The van der Waals surface area contributed by atoms with Crippen molar-refractivity contribution < 1.29 is 9.13 Å². The van der Waals surface area contributed by atoms with Crippen LogP contribution in [0.25, 0.3) is 5.57 Å². The van der Waals surface area contributed by atoms with Gasteiger partial charge in [-0.3, -0.25) is 0 Å². The summed E-state index contributed by atoms with van der Waals surface area (Å²) in [6, 6.07) is 17.9. The van der Waals surface area contributed by atoms with Gasteiger partial charge >= 0.3 is 0 Å². The lowest BCUT2D eigenvalue weighted by atomic mass is 9.87. The van der Waals surface area contributed by atoms with E-state index in [1.54, 1.807) is 0 Å². The summed E-state index contributed by atoms with van der Waals surface area (Å²) in [6.07, 6.45) is 2.47. The number of ether oxygens (including phenoxy) is 1. The number of halogens is 1. The largest absolute Gasteiger partial charge is 0.489 e. The van der Waals surface area contributed by atoms with Crippen molar-refractivity contribution in [1.82, 2.24) is 0 Å². The summed E-state index contributed by atoms with van der Waals surface area (Å²) in [5, 5.41) is 0. The zero-order chi connectivity index (χ0) is 15.4. The molecule has 2 heteroatoms. The summed E-state index contributed by atoms with van der Waals surface area (Å²) in [5.41, 5.74) is 2.99. The van der Waals surface area contributed by atoms with Gasteiger partial charge in [0.1, 0.15) is 18.2 Å². The molecule has 0 spiro atoms. The molecule has 0 amide bonds. The van der Waals surface area contributed by atoms with Crippen molar-refractivity contribution in [3.8, 4) is 5.75 Å². The summed E-state index contributed by atoms with van der Waals surface area (Å²) in [5.74, 6) is 1.33. The minimum Gasteiger partial charge on any atom is -0.489 e. The summed E-state index contributed by atoms with van der Waals surface area (Å²) in [4.78, 5) is 0. The molecule has 0 heterocycles. The summed E-state index contributed by atoms with van der Waals surface area (Å²) < 4.78 is 19.9. The summed E-state index contributed by atoms with van der Waals surface area (Å²) >= 11 is 0. The van der Waals surface area contributed by atoms with E-state index in [0.29, 0.717) is 18.9 Å². The van der Waals surface area contributed by atoms with Crippen LogP contribution in [0.4, 0.5) is 4.39 Å². The molecule has 0 fully saturated rings. The third kappa shape index (κ3) is 3.56. The predicted molar refractivity (Wildman–Crippen MR) is 88.3 cm³/mol. The summed E-state index contributed by atoms with van der Waals surface area (Å²) in [7, 11) is 0. The van der Waals surface area contributed by atoms with Crippen molar-refractivity contribution in [2.24, 2.45) is 5.92 Å². The second kappa shape index (κ2) is 6.78. The first kappa shape index (κ1) is 14.8. The molecular weight excluding hydrogens is 275 g/mol. The van der Waals surface area contributed by atoms with Crippen LogP contribution in [-0.2, 0) is 6.61 Å². The molecule has 0 saturated carbocycles. The fourth-order valence-corrected chi connectivity index (χ4v) is 2.85. The Labute approximate surface area is 131 Å². The van der Waals surface area contributed by atoms with Gasteiger partial charge in [0.15, 0.2) is 0 Å². The molecule has 22 heavy (non-hydrogen) atoms. The van der Waals surface area contributed by atoms with E-state index in [4.69, 9.17) is 4.74 Å². The molecule has 0 radical (unpaired) electrons. The van der Waals surface area contributed by atoms with E-state index in [1.807, 2.05) is 54.6 Å². The van der Waals surface area contributed by atoms with Gasteiger partial charge in [0.25, 0.3) is 0 Å². The number of rotatable bonds is 4. The standard InChI is InChI=1S/C20H21FO/c1-15-7-12-19(20(21)13-15)17-8-10-18(11-9-17)22-14-16-5-3-2-4-6-16/h2-6,8-11,15H,7,12-14H2,1H3. The monoisotopic (exact) mass is 296 g/mol. The Hall–Kier alpha value is -2.09. The van der Waals surface area contributed by atoms with Crippen LogP contribution in [0.5, 0.6) is 5.75 Å². The number of benzene rings is 2. The van der Waals surface area contributed by atoms with Crippen LogP contribution in [0.2, 0.25) is 0 Å². The highest BCUT2D eigenvalue weighted by molar-refractivity contribution is 5.68. The minimum atomic E-state index is 0.0525. The van der Waals surface area contributed by atoms with Gasteiger partial charge in [0, 0.05) is 6.42 Å². The van der Waals surface area contributed by atoms with E-state index in [-0.39, 0.29) is 5.83 Å². The van der Waals surface area contributed by atoms with Gasteiger partial charge in [0.2, 0.25) is 0 Å². The molecule has 0 saturated heterocycles. The molecule has 1 aliphatic rings. The van der Waals surface area contributed by atoms with Crippen molar-refractivity contribution in [3.63, 3.8) is 0 Å². The lowest BCUT2D eigenvalue weighted by Gasteiger charge is -2.20. The zero-order valence-corrected chi connectivity index (χ0v) is 12.9. The maximum Gasteiger partial charge on any atom is 0.119 e. The lowest BCUT2D eigenvalue weighted by molar-refractivity contribution is 0.306. The first-order chi connectivity index (χ1) is 10.7. The van der Waals surface area contributed by atoms with Crippen LogP contribution in [-0.4, -0.2) is 0 Å². The van der Waals surface area contributed by atoms with Crippen molar-refractivity contribution in [2.75, 3.05) is 0 Å². The molecule has 1 aliphatic carbocycles.